The highest BCUT2D eigenvalue weighted by molar-refractivity contribution is 5.31. The zero-order chi connectivity index (χ0) is 14.9. The summed E-state index contributed by atoms with van der Waals surface area (Å²) in [4.78, 5) is 2.70. The van der Waals surface area contributed by atoms with Crippen LogP contribution in [-0.2, 0) is 0 Å². The lowest BCUT2D eigenvalue weighted by molar-refractivity contribution is 0.0720. The SMILES string of the molecule is Cc1ccc(C(C)N2CCCC3(CCCCN3)C2)cc1C. The molecule has 2 aliphatic heterocycles. The van der Waals surface area contributed by atoms with Gasteiger partial charge in [0.05, 0.1) is 0 Å². The van der Waals surface area contributed by atoms with E-state index in [2.05, 4.69) is 49.2 Å². The van der Waals surface area contributed by atoms with Gasteiger partial charge in [-0.1, -0.05) is 24.6 Å². The van der Waals surface area contributed by atoms with Crippen molar-refractivity contribution < 1.29 is 0 Å². The molecule has 0 aromatic heterocycles. The number of rotatable bonds is 2. The Balaban J connectivity index is 1.74. The second kappa shape index (κ2) is 6.10. The van der Waals surface area contributed by atoms with Crippen LogP contribution in [0.25, 0.3) is 0 Å². The fraction of sp³-hybridized carbons (Fsp3) is 0.684. The number of aryl methyl sites for hydroxylation is 2. The normalized spacial score (nSPS) is 28.7. The number of hydrogen-bond donors (Lipinski definition) is 1. The van der Waals surface area contributed by atoms with Crippen LogP contribution in [-0.4, -0.2) is 30.1 Å². The third kappa shape index (κ3) is 3.17. The quantitative estimate of drug-likeness (QED) is 0.885. The van der Waals surface area contributed by atoms with Crippen molar-refractivity contribution in [3.63, 3.8) is 0 Å². The van der Waals surface area contributed by atoms with E-state index < -0.39 is 0 Å². The molecular weight excluding hydrogens is 256 g/mol. The molecule has 0 bridgehead atoms. The van der Waals surface area contributed by atoms with E-state index in [0.717, 1.165) is 0 Å². The zero-order valence-electron chi connectivity index (χ0n) is 13.9. The fourth-order valence-corrected chi connectivity index (χ4v) is 4.11. The van der Waals surface area contributed by atoms with Gasteiger partial charge in [-0.05, 0) is 76.2 Å². The van der Waals surface area contributed by atoms with E-state index in [0.29, 0.717) is 11.6 Å². The van der Waals surface area contributed by atoms with Crippen LogP contribution in [0, 0.1) is 13.8 Å². The summed E-state index contributed by atoms with van der Waals surface area (Å²) in [5.41, 5.74) is 4.70. The maximum atomic E-state index is 3.85. The summed E-state index contributed by atoms with van der Waals surface area (Å²) in [7, 11) is 0. The molecule has 0 radical (unpaired) electrons. The summed E-state index contributed by atoms with van der Waals surface area (Å²) in [5, 5.41) is 3.85. The molecule has 3 rings (SSSR count). The van der Waals surface area contributed by atoms with Crippen LogP contribution in [0.5, 0.6) is 0 Å². The van der Waals surface area contributed by atoms with Gasteiger partial charge in [0.25, 0.3) is 0 Å². The predicted octanol–water partition coefficient (Wildman–Crippen LogP) is 3.97. The molecule has 2 unspecified atom stereocenters. The maximum Gasteiger partial charge on any atom is 0.0320 e. The lowest BCUT2D eigenvalue weighted by Crippen LogP contribution is -2.59. The molecule has 1 N–H and O–H groups in total. The monoisotopic (exact) mass is 286 g/mol. The second-order valence-corrected chi connectivity index (χ2v) is 7.26. The van der Waals surface area contributed by atoms with Crippen molar-refractivity contribution in [2.24, 2.45) is 0 Å². The highest BCUT2D eigenvalue weighted by Gasteiger charge is 2.37. The Kier molecular flexibility index (Phi) is 4.37. The van der Waals surface area contributed by atoms with Crippen molar-refractivity contribution in [2.75, 3.05) is 19.6 Å². The molecule has 2 atom stereocenters. The molecule has 1 aromatic carbocycles. The first kappa shape index (κ1) is 15.1. The topological polar surface area (TPSA) is 15.3 Å². The zero-order valence-corrected chi connectivity index (χ0v) is 13.9. The smallest absolute Gasteiger partial charge is 0.0320 e. The Morgan fingerprint density at radius 1 is 1.10 bits per heavy atom. The molecule has 2 heterocycles. The average Bonchev–Trinajstić information content (AvgIpc) is 2.50. The minimum Gasteiger partial charge on any atom is -0.310 e. The lowest BCUT2D eigenvalue weighted by atomic mass is 9.81. The molecule has 2 nitrogen and oxygen atoms in total. The summed E-state index contributed by atoms with van der Waals surface area (Å²) in [6.07, 6.45) is 6.82. The highest BCUT2D eigenvalue weighted by Crippen LogP contribution is 2.33. The Labute approximate surface area is 129 Å². The molecule has 2 aliphatic rings. The Morgan fingerprint density at radius 2 is 1.90 bits per heavy atom. The molecule has 1 aromatic rings. The van der Waals surface area contributed by atoms with Gasteiger partial charge in [-0.2, -0.15) is 0 Å². The van der Waals surface area contributed by atoms with E-state index in [-0.39, 0.29) is 0 Å². The van der Waals surface area contributed by atoms with Crippen LogP contribution in [0.1, 0.15) is 61.8 Å². The van der Waals surface area contributed by atoms with Crippen LogP contribution >= 0.6 is 0 Å². The van der Waals surface area contributed by atoms with Gasteiger partial charge in [-0.15, -0.1) is 0 Å². The minimum absolute atomic E-state index is 0.407. The highest BCUT2D eigenvalue weighted by atomic mass is 15.2. The standard InChI is InChI=1S/C19H30N2/c1-15-7-8-18(13-16(15)2)17(3)21-12-6-10-19(14-21)9-4-5-11-20-19/h7-8,13,17,20H,4-6,9-12,14H2,1-3H3. The lowest BCUT2D eigenvalue weighted by Gasteiger charge is -2.48. The van der Waals surface area contributed by atoms with Crippen molar-refractivity contribution in [2.45, 2.75) is 64.5 Å². The Morgan fingerprint density at radius 3 is 2.62 bits per heavy atom. The average molecular weight is 286 g/mol. The molecular formula is C19H30N2. The van der Waals surface area contributed by atoms with Gasteiger partial charge in [0.1, 0.15) is 0 Å². The molecule has 0 amide bonds. The maximum absolute atomic E-state index is 3.85. The van der Waals surface area contributed by atoms with Gasteiger partial charge in [0.2, 0.25) is 0 Å². The van der Waals surface area contributed by atoms with E-state index in [4.69, 9.17) is 0 Å². The molecule has 1 spiro atoms. The largest absolute Gasteiger partial charge is 0.310 e. The molecule has 2 saturated heterocycles. The molecule has 21 heavy (non-hydrogen) atoms. The first-order chi connectivity index (χ1) is 10.1. The molecule has 2 heteroatoms. The first-order valence-corrected chi connectivity index (χ1v) is 8.66. The molecule has 0 aliphatic carbocycles. The number of piperidine rings is 2. The number of hydrogen-bond acceptors (Lipinski definition) is 2. The minimum atomic E-state index is 0.407. The molecule has 116 valence electrons. The summed E-state index contributed by atoms with van der Waals surface area (Å²) in [6, 6.07) is 7.52. The third-order valence-electron chi connectivity index (χ3n) is 5.75. The van der Waals surface area contributed by atoms with E-state index in [1.54, 1.807) is 0 Å². The van der Waals surface area contributed by atoms with E-state index in [1.807, 2.05) is 0 Å². The number of benzene rings is 1. The van der Waals surface area contributed by atoms with Crippen molar-refractivity contribution in [3.05, 3.63) is 34.9 Å². The van der Waals surface area contributed by atoms with Crippen molar-refractivity contribution in [1.29, 1.82) is 0 Å². The third-order valence-corrected chi connectivity index (χ3v) is 5.75. The fourth-order valence-electron chi connectivity index (χ4n) is 4.11. The van der Waals surface area contributed by atoms with Gasteiger partial charge in [-0.3, -0.25) is 4.90 Å². The van der Waals surface area contributed by atoms with Crippen LogP contribution in [0.4, 0.5) is 0 Å². The van der Waals surface area contributed by atoms with Crippen molar-refractivity contribution >= 4 is 0 Å². The Bertz CT molecular complexity index is 483. The van der Waals surface area contributed by atoms with Gasteiger partial charge >= 0.3 is 0 Å². The summed E-state index contributed by atoms with van der Waals surface area (Å²) in [6.45, 7) is 10.5. The molecule has 2 fully saturated rings. The van der Waals surface area contributed by atoms with E-state index >= 15 is 0 Å². The number of nitrogens with zero attached hydrogens (tertiary/aromatic N) is 1. The van der Waals surface area contributed by atoms with Crippen molar-refractivity contribution in [1.82, 2.24) is 10.2 Å². The first-order valence-electron chi connectivity index (χ1n) is 8.66. The summed E-state index contributed by atoms with van der Waals surface area (Å²) >= 11 is 0. The molecule has 0 saturated carbocycles. The number of nitrogens with one attached hydrogen (secondary N) is 1. The van der Waals surface area contributed by atoms with Crippen LogP contribution < -0.4 is 5.32 Å². The van der Waals surface area contributed by atoms with Gasteiger partial charge < -0.3 is 5.32 Å². The number of likely N-dealkylation sites (tertiary alicyclic amines) is 1. The Hall–Kier alpha value is -0.860. The second-order valence-electron chi connectivity index (χ2n) is 7.26. The van der Waals surface area contributed by atoms with Gasteiger partial charge in [0.15, 0.2) is 0 Å². The van der Waals surface area contributed by atoms with Crippen molar-refractivity contribution in [3.8, 4) is 0 Å². The van der Waals surface area contributed by atoms with E-state index in [1.165, 1.54) is 68.4 Å². The van der Waals surface area contributed by atoms with Crippen LogP contribution in [0.3, 0.4) is 0 Å². The van der Waals surface area contributed by atoms with Gasteiger partial charge in [0, 0.05) is 18.1 Å². The summed E-state index contributed by atoms with van der Waals surface area (Å²) < 4.78 is 0. The van der Waals surface area contributed by atoms with Crippen LogP contribution in [0.15, 0.2) is 18.2 Å². The predicted molar refractivity (Wildman–Crippen MR) is 89.7 cm³/mol. The van der Waals surface area contributed by atoms with Crippen LogP contribution in [0.2, 0.25) is 0 Å². The summed E-state index contributed by atoms with van der Waals surface area (Å²) in [5.74, 6) is 0. The van der Waals surface area contributed by atoms with Gasteiger partial charge in [-0.25, -0.2) is 0 Å². The van der Waals surface area contributed by atoms with E-state index in [9.17, 15) is 0 Å².